The molecule has 3 aliphatic rings. The Morgan fingerprint density at radius 3 is 2.31 bits per heavy atom. The van der Waals surface area contributed by atoms with Crippen LogP contribution in [0.5, 0.6) is 0 Å². The summed E-state index contributed by atoms with van der Waals surface area (Å²) in [5, 5.41) is 7.76. The van der Waals surface area contributed by atoms with E-state index in [1.165, 1.54) is 0 Å². The summed E-state index contributed by atoms with van der Waals surface area (Å²) in [6.07, 6.45) is 1.92. The van der Waals surface area contributed by atoms with E-state index in [0.29, 0.717) is 11.8 Å². The molecule has 2 bridgehead atoms. The van der Waals surface area contributed by atoms with Crippen LogP contribution < -0.4 is 0 Å². The SMILES string of the molecule is CC1(C)[C@@H]2C[C@H](N=[N+]=[N-])[C@@](C)(N=[N+]=[N-])[C@H]1C2. The maximum atomic E-state index is 8.70. The van der Waals surface area contributed by atoms with Crippen LogP contribution in [-0.4, -0.2) is 11.6 Å². The molecular weight excluding hydrogens is 204 g/mol. The second-order valence-electron chi connectivity index (χ2n) is 5.68. The van der Waals surface area contributed by atoms with Gasteiger partial charge < -0.3 is 0 Å². The van der Waals surface area contributed by atoms with Crippen LogP contribution in [-0.2, 0) is 0 Å². The molecule has 86 valence electrons. The summed E-state index contributed by atoms with van der Waals surface area (Å²) in [5.74, 6) is 0.917. The van der Waals surface area contributed by atoms with E-state index in [4.69, 9.17) is 11.1 Å². The van der Waals surface area contributed by atoms with Crippen molar-refractivity contribution in [2.45, 2.75) is 45.2 Å². The number of fused-ring (bicyclic) bond motifs is 2. The van der Waals surface area contributed by atoms with E-state index in [0.717, 1.165) is 12.8 Å². The Morgan fingerprint density at radius 1 is 1.12 bits per heavy atom. The highest BCUT2D eigenvalue weighted by molar-refractivity contribution is 5.18. The predicted octanol–water partition coefficient (Wildman–Crippen LogP) is 3.80. The number of azide groups is 2. The van der Waals surface area contributed by atoms with Crippen LogP contribution in [0.25, 0.3) is 20.9 Å². The molecule has 3 aliphatic carbocycles. The van der Waals surface area contributed by atoms with Gasteiger partial charge in [0, 0.05) is 15.9 Å². The monoisotopic (exact) mass is 220 g/mol. The fourth-order valence-electron chi connectivity index (χ4n) is 3.61. The lowest BCUT2D eigenvalue weighted by Crippen LogP contribution is -2.64. The highest BCUT2D eigenvalue weighted by Crippen LogP contribution is 2.64. The van der Waals surface area contributed by atoms with Gasteiger partial charge in [-0.1, -0.05) is 31.0 Å². The minimum atomic E-state index is -0.556. The Kier molecular flexibility index (Phi) is 2.30. The third kappa shape index (κ3) is 1.20. The Hall–Kier alpha value is -1.38. The normalized spacial score (nSPS) is 43.6. The fourth-order valence-corrected chi connectivity index (χ4v) is 3.61. The number of nitrogens with zero attached hydrogens (tertiary/aromatic N) is 6. The molecule has 0 saturated heterocycles. The average Bonchev–Trinajstić information content (AvgIpc) is 2.21. The largest absolute Gasteiger partial charge is 0.0899 e. The van der Waals surface area contributed by atoms with Crippen LogP contribution in [0.15, 0.2) is 10.2 Å². The third-order valence-electron chi connectivity index (χ3n) is 4.81. The lowest BCUT2D eigenvalue weighted by Gasteiger charge is -2.65. The number of hydrogen-bond donors (Lipinski definition) is 0. The predicted molar refractivity (Wildman–Crippen MR) is 60.5 cm³/mol. The second kappa shape index (κ2) is 3.30. The topological polar surface area (TPSA) is 97.5 Å². The Bertz CT molecular complexity index is 404. The summed E-state index contributed by atoms with van der Waals surface area (Å²) in [6.45, 7) is 6.35. The molecule has 0 unspecified atom stereocenters. The van der Waals surface area contributed by atoms with Crippen LogP contribution in [0.3, 0.4) is 0 Å². The van der Waals surface area contributed by atoms with Crippen molar-refractivity contribution in [1.29, 1.82) is 0 Å². The first-order chi connectivity index (χ1) is 7.46. The zero-order valence-corrected chi connectivity index (χ0v) is 9.83. The van der Waals surface area contributed by atoms with E-state index in [2.05, 4.69) is 33.9 Å². The van der Waals surface area contributed by atoms with Gasteiger partial charge in [0.15, 0.2) is 0 Å². The molecule has 0 N–H and O–H groups in total. The van der Waals surface area contributed by atoms with Gasteiger partial charge in [0.25, 0.3) is 0 Å². The molecule has 0 spiro atoms. The second-order valence-corrected chi connectivity index (χ2v) is 5.68. The third-order valence-corrected chi connectivity index (χ3v) is 4.81. The molecule has 0 radical (unpaired) electrons. The molecule has 4 atom stereocenters. The molecule has 0 aliphatic heterocycles. The van der Waals surface area contributed by atoms with Gasteiger partial charge in [0.1, 0.15) is 0 Å². The molecule has 0 heterocycles. The van der Waals surface area contributed by atoms with E-state index in [1.807, 2.05) is 6.92 Å². The Balaban J connectivity index is 2.41. The first kappa shape index (κ1) is 11.1. The highest BCUT2D eigenvalue weighted by atomic mass is 15.2. The summed E-state index contributed by atoms with van der Waals surface area (Å²) >= 11 is 0. The van der Waals surface area contributed by atoms with Gasteiger partial charge in [0.2, 0.25) is 0 Å². The molecule has 3 fully saturated rings. The first-order valence-corrected chi connectivity index (χ1v) is 5.57. The number of hydrogen-bond acceptors (Lipinski definition) is 2. The van der Waals surface area contributed by atoms with Crippen LogP contribution >= 0.6 is 0 Å². The molecule has 0 aromatic heterocycles. The minimum Gasteiger partial charge on any atom is -0.0899 e. The molecule has 6 heteroatoms. The Labute approximate surface area is 94.3 Å². The Morgan fingerprint density at radius 2 is 1.81 bits per heavy atom. The van der Waals surface area contributed by atoms with E-state index in [-0.39, 0.29) is 11.5 Å². The molecule has 0 aromatic rings. The van der Waals surface area contributed by atoms with Crippen LogP contribution in [0.4, 0.5) is 0 Å². The summed E-state index contributed by atoms with van der Waals surface area (Å²) in [5.41, 5.74) is 16.9. The van der Waals surface area contributed by atoms with Crippen molar-refractivity contribution >= 4 is 0 Å². The van der Waals surface area contributed by atoms with Crippen LogP contribution in [0.2, 0.25) is 0 Å². The van der Waals surface area contributed by atoms with E-state index in [1.54, 1.807) is 0 Å². The smallest absolute Gasteiger partial charge is 0.0577 e. The zero-order chi connectivity index (χ0) is 12.0. The maximum absolute atomic E-state index is 8.70. The average molecular weight is 220 g/mol. The zero-order valence-electron chi connectivity index (χ0n) is 9.83. The summed E-state index contributed by atoms with van der Waals surface area (Å²) < 4.78 is 0. The lowest BCUT2D eigenvalue weighted by molar-refractivity contribution is -0.120. The van der Waals surface area contributed by atoms with Gasteiger partial charge >= 0.3 is 0 Å². The minimum absolute atomic E-state index is 0.190. The van der Waals surface area contributed by atoms with Crippen molar-refractivity contribution in [3.05, 3.63) is 20.9 Å². The molecule has 6 nitrogen and oxygen atoms in total. The van der Waals surface area contributed by atoms with Crippen molar-refractivity contribution in [1.82, 2.24) is 0 Å². The van der Waals surface area contributed by atoms with Crippen molar-refractivity contribution in [2.24, 2.45) is 27.5 Å². The van der Waals surface area contributed by atoms with E-state index < -0.39 is 5.54 Å². The first-order valence-electron chi connectivity index (χ1n) is 5.57. The summed E-state index contributed by atoms with van der Waals surface area (Å²) in [7, 11) is 0. The highest BCUT2D eigenvalue weighted by Gasteiger charge is 2.62. The van der Waals surface area contributed by atoms with E-state index in [9.17, 15) is 0 Å². The van der Waals surface area contributed by atoms with Crippen LogP contribution in [0.1, 0.15) is 33.6 Å². The molecule has 16 heavy (non-hydrogen) atoms. The van der Waals surface area contributed by atoms with Crippen LogP contribution in [0, 0.1) is 17.3 Å². The van der Waals surface area contributed by atoms with Crippen molar-refractivity contribution in [2.75, 3.05) is 0 Å². The lowest BCUT2D eigenvalue weighted by atomic mass is 9.42. The quantitative estimate of drug-likeness (QED) is 0.384. The summed E-state index contributed by atoms with van der Waals surface area (Å²) in [6, 6.07) is -0.190. The molecular formula is C10H16N6. The molecule has 0 amide bonds. The van der Waals surface area contributed by atoms with Gasteiger partial charge in [-0.15, -0.1) is 0 Å². The van der Waals surface area contributed by atoms with Gasteiger partial charge in [-0.25, -0.2) is 0 Å². The molecule has 0 aromatic carbocycles. The van der Waals surface area contributed by atoms with Gasteiger partial charge in [-0.05, 0) is 41.2 Å². The van der Waals surface area contributed by atoms with Crippen molar-refractivity contribution in [3.8, 4) is 0 Å². The molecule has 3 saturated carbocycles. The maximum Gasteiger partial charge on any atom is 0.0577 e. The van der Waals surface area contributed by atoms with Gasteiger partial charge in [-0.2, -0.15) is 0 Å². The molecule has 3 rings (SSSR count). The van der Waals surface area contributed by atoms with Crippen molar-refractivity contribution < 1.29 is 0 Å². The summed E-state index contributed by atoms with van der Waals surface area (Å²) in [4.78, 5) is 5.83. The van der Waals surface area contributed by atoms with Gasteiger partial charge in [0.05, 0.1) is 5.54 Å². The van der Waals surface area contributed by atoms with E-state index >= 15 is 0 Å². The number of rotatable bonds is 2. The fraction of sp³-hybridized carbons (Fsp3) is 1.00. The van der Waals surface area contributed by atoms with Gasteiger partial charge in [-0.3, -0.25) is 0 Å². The van der Waals surface area contributed by atoms with Crippen molar-refractivity contribution in [3.63, 3.8) is 0 Å². The standard InChI is InChI=1S/C10H16N6/c1-9(2)6-4-7(9)10(3,14-16-12)8(5-6)13-15-11/h6-8H,4-5H2,1-3H3/t6-,7-,8-,10-/m0/s1.